The number of aliphatic hydroxyl groups is 1. The Bertz CT molecular complexity index is 554. The van der Waals surface area contributed by atoms with Gasteiger partial charge >= 0.3 is 6.18 Å². The molecule has 1 heterocycles. The maximum Gasteiger partial charge on any atom is 0.417 e. The van der Waals surface area contributed by atoms with E-state index in [1.54, 1.807) is 18.1 Å². The van der Waals surface area contributed by atoms with Crippen LogP contribution in [0.2, 0.25) is 0 Å². The zero-order valence-electron chi connectivity index (χ0n) is 11.4. The molecule has 0 amide bonds. The second kappa shape index (κ2) is 5.92. The molecule has 1 aliphatic heterocycles. The van der Waals surface area contributed by atoms with Gasteiger partial charge in [-0.2, -0.15) is 18.4 Å². The summed E-state index contributed by atoms with van der Waals surface area (Å²) in [6.07, 6.45) is -4.05. The van der Waals surface area contributed by atoms with Crippen LogP contribution >= 0.6 is 0 Å². The van der Waals surface area contributed by atoms with Crippen LogP contribution in [0, 0.1) is 11.3 Å². The first-order valence-corrected chi connectivity index (χ1v) is 6.42. The predicted molar refractivity (Wildman–Crippen MR) is 69.8 cm³/mol. The summed E-state index contributed by atoms with van der Waals surface area (Å²) in [5.74, 6) is 0. The number of rotatable bonds is 3. The van der Waals surface area contributed by atoms with Crippen molar-refractivity contribution in [1.82, 2.24) is 0 Å². The monoisotopic (exact) mass is 300 g/mol. The highest BCUT2D eigenvalue weighted by molar-refractivity contribution is 5.56. The van der Waals surface area contributed by atoms with E-state index in [9.17, 15) is 18.3 Å². The van der Waals surface area contributed by atoms with Crippen LogP contribution in [0.4, 0.5) is 18.9 Å². The lowest BCUT2D eigenvalue weighted by molar-refractivity contribution is -0.137. The number of hydrogen-bond donors (Lipinski definition) is 1. The lowest BCUT2D eigenvalue weighted by atomic mass is 10.1. The van der Waals surface area contributed by atoms with E-state index in [2.05, 4.69) is 0 Å². The fourth-order valence-corrected chi connectivity index (χ4v) is 2.58. The molecular weight excluding hydrogens is 285 g/mol. The standard InChI is InChI=1S/C14H15F3N2O2/c1-21-12-5-11(8-20)19(7-12)10-2-3-13(14(15,16)17)9(4-10)6-18/h2-4,11-12,20H,5,7-8H2,1H3/t11-,12-/m0/s1. The number of nitriles is 1. The first-order valence-electron chi connectivity index (χ1n) is 6.42. The first-order chi connectivity index (χ1) is 9.90. The Balaban J connectivity index is 2.35. The zero-order chi connectivity index (χ0) is 15.6. The topological polar surface area (TPSA) is 56.5 Å². The van der Waals surface area contributed by atoms with Gasteiger partial charge in [0.05, 0.1) is 35.9 Å². The number of hydrogen-bond acceptors (Lipinski definition) is 4. The Kier molecular flexibility index (Phi) is 4.40. The van der Waals surface area contributed by atoms with E-state index in [1.807, 2.05) is 0 Å². The minimum Gasteiger partial charge on any atom is -0.394 e. The number of anilines is 1. The van der Waals surface area contributed by atoms with E-state index < -0.39 is 17.3 Å². The van der Waals surface area contributed by atoms with Crippen molar-refractivity contribution in [1.29, 1.82) is 5.26 Å². The van der Waals surface area contributed by atoms with Gasteiger partial charge < -0.3 is 14.7 Å². The molecule has 4 nitrogen and oxygen atoms in total. The van der Waals surface area contributed by atoms with Crippen LogP contribution in [0.5, 0.6) is 0 Å². The number of halogens is 3. The highest BCUT2D eigenvalue weighted by Crippen LogP contribution is 2.35. The van der Waals surface area contributed by atoms with Crippen LogP contribution in [-0.4, -0.2) is 37.5 Å². The molecule has 2 rings (SSSR count). The van der Waals surface area contributed by atoms with Crippen LogP contribution in [0.1, 0.15) is 17.5 Å². The third kappa shape index (κ3) is 3.12. The molecule has 0 radical (unpaired) electrons. The summed E-state index contributed by atoms with van der Waals surface area (Å²) >= 11 is 0. The van der Waals surface area contributed by atoms with Gasteiger partial charge in [0.15, 0.2) is 0 Å². The molecule has 1 aromatic carbocycles. The van der Waals surface area contributed by atoms with Gasteiger partial charge in [-0.25, -0.2) is 0 Å². The van der Waals surface area contributed by atoms with Crippen molar-refractivity contribution >= 4 is 5.69 Å². The minimum absolute atomic E-state index is 0.0880. The van der Waals surface area contributed by atoms with Crippen molar-refractivity contribution in [2.45, 2.75) is 24.7 Å². The maximum atomic E-state index is 12.8. The van der Waals surface area contributed by atoms with Gasteiger partial charge in [0.1, 0.15) is 0 Å². The van der Waals surface area contributed by atoms with Crippen LogP contribution < -0.4 is 4.90 Å². The lowest BCUT2D eigenvalue weighted by Crippen LogP contribution is -2.32. The predicted octanol–water partition coefficient (Wildman–Crippen LogP) is 2.16. The molecule has 1 aliphatic rings. The molecule has 0 unspecified atom stereocenters. The third-order valence-corrected chi connectivity index (χ3v) is 3.68. The molecule has 1 N–H and O–H groups in total. The quantitative estimate of drug-likeness (QED) is 0.929. The van der Waals surface area contributed by atoms with Gasteiger partial charge in [-0.05, 0) is 24.6 Å². The van der Waals surface area contributed by atoms with Gasteiger partial charge in [-0.3, -0.25) is 0 Å². The third-order valence-electron chi connectivity index (χ3n) is 3.68. The van der Waals surface area contributed by atoms with Crippen LogP contribution in [0.3, 0.4) is 0 Å². The van der Waals surface area contributed by atoms with E-state index in [0.717, 1.165) is 6.07 Å². The largest absolute Gasteiger partial charge is 0.417 e. The Hall–Kier alpha value is -1.78. The molecule has 1 aromatic rings. The summed E-state index contributed by atoms with van der Waals surface area (Å²) in [5.41, 5.74) is -0.882. The molecule has 7 heteroatoms. The van der Waals surface area contributed by atoms with E-state index in [4.69, 9.17) is 10.00 Å². The number of methoxy groups -OCH3 is 1. The summed E-state index contributed by atoms with van der Waals surface area (Å²) in [4.78, 5) is 1.77. The number of aliphatic hydroxyl groups excluding tert-OH is 1. The highest BCUT2D eigenvalue weighted by Gasteiger charge is 2.36. The van der Waals surface area contributed by atoms with Gasteiger partial charge in [-0.1, -0.05) is 0 Å². The van der Waals surface area contributed by atoms with Crippen molar-refractivity contribution in [3.8, 4) is 6.07 Å². The first kappa shape index (κ1) is 15.6. The Morgan fingerprint density at radius 3 is 2.71 bits per heavy atom. The molecule has 1 saturated heterocycles. The Morgan fingerprint density at radius 1 is 1.48 bits per heavy atom. The fourth-order valence-electron chi connectivity index (χ4n) is 2.58. The van der Waals surface area contributed by atoms with Gasteiger partial charge in [0.25, 0.3) is 0 Å². The van der Waals surface area contributed by atoms with Crippen LogP contribution in [-0.2, 0) is 10.9 Å². The van der Waals surface area contributed by atoms with Gasteiger partial charge in [0, 0.05) is 19.3 Å². The second-order valence-electron chi connectivity index (χ2n) is 4.92. The van der Waals surface area contributed by atoms with Crippen molar-refractivity contribution in [3.05, 3.63) is 29.3 Å². The average Bonchev–Trinajstić information content (AvgIpc) is 2.89. The highest BCUT2D eigenvalue weighted by atomic mass is 19.4. The molecule has 1 fully saturated rings. The lowest BCUT2D eigenvalue weighted by Gasteiger charge is -2.25. The molecule has 0 spiro atoms. The number of nitrogens with zero attached hydrogens (tertiary/aromatic N) is 2. The van der Waals surface area contributed by atoms with Crippen molar-refractivity contribution in [3.63, 3.8) is 0 Å². The molecule has 0 aromatic heterocycles. The molecular formula is C14H15F3N2O2. The van der Waals surface area contributed by atoms with Crippen molar-refractivity contribution < 1.29 is 23.0 Å². The second-order valence-corrected chi connectivity index (χ2v) is 4.92. The molecule has 0 saturated carbocycles. The van der Waals surface area contributed by atoms with Crippen LogP contribution in [0.15, 0.2) is 18.2 Å². The average molecular weight is 300 g/mol. The normalized spacial score (nSPS) is 22.4. The SMILES string of the molecule is CO[C@H]1C[C@@H](CO)N(c2ccc(C(F)(F)F)c(C#N)c2)C1. The number of benzene rings is 1. The van der Waals surface area contributed by atoms with E-state index in [0.29, 0.717) is 18.7 Å². The Morgan fingerprint density at radius 2 is 2.19 bits per heavy atom. The van der Waals surface area contributed by atoms with Gasteiger partial charge in [-0.15, -0.1) is 0 Å². The summed E-state index contributed by atoms with van der Waals surface area (Å²) in [6.45, 7) is 0.348. The number of ether oxygens (including phenoxy) is 1. The molecule has 21 heavy (non-hydrogen) atoms. The van der Waals surface area contributed by atoms with E-state index in [-0.39, 0.29) is 18.8 Å². The van der Waals surface area contributed by atoms with E-state index >= 15 is 0 Å². The van der Waals surface area contributed by atoms with E-state index in [1.165, 1.54) is 12.1 Å². The fraction of sp³-hybridized carbons (Fsp3) is 0.500. The molecule has 0 bridgehead atoms. The number of alkyl halides is 3. The smallest absolute Gasteiger partial charge is 0.394 e. The summed E-state index contributed by atoms with van der Waals surface area (Å²) in [6, 6.07) is 4.80. The summed E-state index contributed by atoms with van der Waals surface area (Å²) in [5, 5.41) is 18.3. The van der Waals surface area contributed by atoms with Crippen LogP contribution in [0.25, 0.3) is 0 Å². The molecule has 0 aliphatic carbocycles. The summed E-state index contributed by atoms with van der Waals surface area (Å²) < 4.78 is 43.6. The summed E-state index contributed by atoms with van der Waals surface area (Å²) in [7, 11) is 1.55. The molecule has 2 atom stereocenters. The minimum atomic E-state index is -4.56. The van der Waals surface area contributed by atoms with Gasteiger partial charge in [0.2, 0.25) is 0 Å². The van der Waals surface area contributed by atoms with Crippen molar-refractivity contribution in [2.75, 3.05) is 25.2 Å². The maximum absolute atomic E-state index is 12.8. The molecule has 114 valence electrons. The zero-order valence-corrected chi connectivity index (χ0v) is 11.4. The van der Waals surface area contributed by atoms with Crippen molar-refractivity contribution in [2.24, 2.45) is 0 Å². The Labute approximate surface area is 120 Å².